The Morgan fingerprint density at radius 1 is 1.11 bits per heavy atom. The lowest BCUT2D eigenvalue weighted by atomic mass is 9.88. The molecule has 0 bridgehead atoms. The molecule has 3 heteroatoms. The van der Waals surface area contributed by atoms with E-state index < -0.39 is 0 Å². The third-order valence-corrected chi connectivity index (χ3v) is 3.83. The van der Waals surface area contributed by atoms with Gasteiger partial charge in [0.25, 0.3) is 0 Å². The molecule has 0 aromatic heterocycles. The summed E-state index contributed by atoms with van der Waals surface area (Å²) in [6, 6.07) is 0. The fourth-order valence-electron chi connectivity index (χ4n) is 2.84. The molecule has 2 fully saturated rings. The number of quaternary nitrogens is 1. The maximum atomic E-state index is 6.14. The second-order valence-corrected chi connectivity index (χ2v) is 6.29. The van der Waals surface area contributed by atoms with Gasteiger partial charge in [0.2, 0.25) is 0 Å². The quantitative estimate of drug-likeness (QED) is 0.692. The first kappa shape index (κ1) is 13.9. The fraction of sp³-hybridized carbons (Fsp3) is 0.867. The van der Waals surface area contributed by atoms with Crippen LogP contribution in [0.5, 0.6) is 0 Å². The predicted octanol–water partition coefficient (Wildman–Crippen LogP) is 0.643. The van der Waals surface area contributed by atoms with Crippen molar-refractivity contribution < 1.29 is 14.4 Å². The van der Waals surface area contributed by atoms with Crippen LogP contribution < -0.4 is 4.90 Å². The topological polar surface area (TPSA) is 22.9 Å². The van der Waals surface area contributed by atoms with Crippen LogP contribution in [0.4, 0.5) is 0 Å². The summed E-state index contributed by atoms with van der Waals surface area (Å²) in [7, 11) is 0. The summed E-state index contributed by atoms with van der Waals surface area (Å²) < 4.78 is 11.5. The zero-order valence-electron chi connectivity index (χ0n) is 12.0. The van der Waals surface area contributed by atoms with Gasteiger partial charge in [-0.2, -0.15) is 0 Å². The minimum Gasteiger partial charge on any atom is -0.370 e. The Kier molecular flexibility index (Phi) is 4.32. The van der Waals surface area contributed by atoms with Gasteiger partial charge in [0.15, 0.2) is 0 Å². The summed E-state index contributed by atoms with van der Waals surface area (Å²) in [6.45, 7) is 11.3. The van der Waals surface area contributed by atoms with Gasteiger partial charge in [0, 0.05) is 0 Å². The average molecular weight is 252 g/mol. The highest BCUT2D eigenvalue weighted by Crippen LogP contribution is 2.34. The van der Waals surface area contributed by atoms with E-state index in [2.05, 4.69) is 32.6 Å². The normalized spacial score (nSPS) is 32.6. The number of hydrogen-bond acceptors (Lipinski definition) is 2. The molecule has 0 spiro atoms. The molecule has 0 radical (unpaired) electrons. The second kappa shape index (κ2) is 5.61. The minimum atomic E-state index is -0.243. The van der Waals surface area contributed by atoms with Gasteiger partial charge in [-0.05, 0) is 46.0 Å². The predicted molar refractivity (Wildman–Crippen MR) is 71.6 cm³/mol. The molecule has 3 nitrogen and oxygen atoms in total. The van der Waals surface area contributed by atoms with Gasteiger partial charge in [0.05, 0.1) is 18.8 Å². The molecule has 2 rings (SSSR count). The molecule has 0 amide bonds. The average Bonchev–Trinajstić information content (AvgIpc) is 2.28. The van der Waals surface area contributed by atoms with Crippen molar-refractivity contribution in [1.82, 2.24) is 0 Å². The van der Waals surface area contributed by atoms with Crippen LogP contribution in [0.3, 0.4) is 0 Å². The molecule has 2 aliphatic heterocycles. The molecule has 0 aromatic rings. The van der Waals surface area contributed by atoms with Crippen LogP contribution in [0.15, 0.2) is 0 Å². The van der Waals surface area contributed by atoms with Gasteiger partial charge in [0.1, 0.15) is 25.2 Å². The van der Waals surface area contributed by atoms with E-state index >= 15 is 0 Å². The van der Waals surface area contributed by atoms with E-state index in [0.717, 1.165) is 45.7 Å². The third kappa shape index (κ3) is 3.98. The van der Waals surface area contributed by atoms with Crippen LogP contribution in [0.2, 0.25) is 0 Å². The lowest BCUT2D eigenvalue weighted by molar-refractivity contribution is -0.900. The lowest BCUT2D eigenvalue weighted by Gasteiger charge is -2.40. The fourth-order valence-corrected chi connectivity index (χ4v) is 2.84. The molecular weight excluding hydrogens is 226 g/mol. The Balaban J connectivity index is 1.87. The summed E-state index contributed by atoms with van der Waals surface area (Å²) >= 11 is 0. The van der Waals surface area contributed by atoms with Gasteiger partial charge in [-0.3, -0.25) is 0 Å². The molecule has 0 aliphatic carbocycles. The summed E-state index contributed by atoms with van der Waals surface area (Å²) in [6.07, 6.45) is 3.41. The van der Waals surface area contributed by atoms with Gasteiger partial charge in [-0.25, -0.2) is 0 Å². The summed E-state index contributed by atoms with van der Waals surface area (Å²) in [5.74, 6) is 6.70. The van der Waals surface area contributed by atoms with Crippen LogP contribution in [-0.2, 0) is 9.47 Å². The van der Waals surface area contributed by atoms with Crippen molar-refractivity contribution in [3.8, 4) is 11.8 Å². The van der Waals surface area contributed by atoms with E-state index in [1.807, 2.05) is 0 Å². The number of morpholine rings is 1. The maximum absolute atomic E-state index is 6.14. The molecular formula is C15H26NO2+. The van der Waals surface area contributed by atoms with Crippen molar-refractivity contribution in [1.29, 1.82) is 0 Å². The Morgan fingerprint density at radius 2 is 1.83 bits per heavy atom. The van der Waals surface area contributed by atoms with Crippen molar-refractivity contribution in [2.75, 3.05) is 32.8 Å². The van der Waals surface area contributed by atoms with E-state index in [-0.39, 0.29) is 11.2 Å². The van der Waals surface area contributed by atoms with E-state index in [4.69, 9.17) is 9.47 Å². The number of nitrogens with one attached hydrogen (secondary N) is 1. The molecule has 2 saturated heterocycles. The molecule has 2 heterocycles. The number of rotatable bonds is 1. The van der Waals surface area contributed by atoms with E-state index in [0.29, 0.717) is 0 Å². The third-order valence-electron chi connectivity index (χ3n) is 3.83. The van der Waals surface area contributed by atoms with Crippen LogP contribution in [0.25, 0.3) is 0 Å². The molecule has 2 aliphatic rings. The SMILES string of the molecule is CC1(C)CCC[C@@](C)(C#CC[NH+]2CCOCC2)O1. The standard InChI is InChI=1S/C15H25NO2/c1-14(2)6-4-7-15(3,18-14)8-5-9-16-10-12-17-13-11-16/h4,6-7,9-13H2,1-3H3/p+1/t15-/m0/s1. The highest BCUT2D eigenvalue weighted by atomic mass is 16.5. The number of ether oxygens (including phenoxy) is 2. The Hall–Kier alpha value is -0.560. The molecule has 0 unspecified atom stereocenters. The van der Waals surface area contributed by atoms with E-state index in [9.17, 15) is 0 Å². The number of hydrogen-bond donors (Lipinski definition) is 1. The maximum Gasteiger partial charge on any atom is 0.139 e. The molecule has 18 heavy (non-hydrogen) atoms. The Morgan fingerprint density at radius 3 is 2.50 bits per heavy atom. The summed E-state index contributed by atoms with van der Waals surface area (Å²) in [4.78, 5) is 1.53. The monoisotopic (exact) mass is 252 g/mol. The highest BCUT2D eigenvalue weighted by Gasteiger charge is 2.35. The van der Waals surface area contributed by atoms with E-state index in [1.54, 1.807) is 0 Å². The largest absolute Gasteiger partial charge is 0.370 e. The van der Waals surface area contributed by atoms with Crippen molar-refractivity contribution in [3.63, 3.8) is 0 Å². The van der Waals surface area contributed by atoms with Crippen molar-refractivity contribution in [3.05, 3.63) is 0 Å². The van der Waals surface area contributed by atoms with Gasteiger partial charge in [-0.1, -0.05) is 5.92 Å². The van der Waals surface area contributed by atoms with Crippen molar-refractivity contribution in [2.45, 2.75) is 51.2 Å². The first-order valence-corrected chi connectivity index (χ1v) is 7.11. The zero-order valence-corrected chi connectivity index (χ0v) is 12.0. The summed E-state index contributed by atoms with van der Waals surface area (Å²) in [5, 5.41) is 0. The molecule has 0 saturated carbocycles. The molecule has 1 atom stereocenters. The lowest BCUT2D eigenvalue weighted by Crippen LogP contribution is -3.14. The first-order valence-electron chi connectivity index (χ1n) is 7.11. The van der Waals surface area contributed by atoms with Crippen molar-refractivity contribution >= 4 is 0 Å². The molecule has 102 valence electrons. The smallest absolute Gasteiger partial charge is 0.139 e. The van der Waals surface area contributed by atoms with Crippen LogP contribution in [-0.4, -0.2) is 44.1 Å². The highest BCUT2D eigenvalue weighted by molar-refractivity contribution is 5.14. The van der Waals surface area contributed by atoms with Crippen molar-refractivity contribution in [2.24, 2.45) is 0 Å². The molecule has 0 aromatic carbocycles. The van der Waals surface area contributed by atoms with Crippen LogP contribution >= 0.6 is 0 Å². The summed E-state index contributed by atoms with van der Waals surface area (Å²) in [5.41, 5.74) is -0.263. The second-order valence-electron chi connectivity index (χ2n) is 6.29. The van der Waals surface area contributed by atoms with Crippen LogP contribution in [0.1, 0.15) is 40.0 Å². The Bertz CT molecular complexity index is 336. The van der Waals surface area contributed by atoms with Gasteiger partial charge in [-0.15, -0.1) is 0 Å². The van der Waals surface area contributed by atoms with E-state index in [1.165, 1.54) is 11.3 Å². The molecule has 1 N–H and O–H groups in total. The van der Waals surface area contributed by atoms with Crippen LogP contribution in [0, 0.1) is 11.8 Å². The minimum absolute atomic E-state index is 0.0203. The Labute approximate surface area is 111 Å². The first-order chi connectivity index (χ1) is 8.49. The zero-order chi connectivity index (χ0) is 13.1. The van der Waals surface area contributed by atoms with Gasteiger partial charge >= 0.3 is 0 Å². The van der Waals surface area contributed by atoms with Gasteiger partial charge < -0.3 is 14.4 Å².